The van der Waals surface area contributed by atoms with Gasteiger partial charge < -0.3 is 4.52 Å². The highest BCUT2D eigenvalue weighted by molar-refractivity contribution is 9.10. The molecule has 0 saturated carbocycles. The van der Waals surface area contributed by atoms with Crippen molar-refractivity contribution >= 4 is 29.3 Å². The summed E-state index contributed by atoms with van der Waals surface area (Å²) in [5, 5.41) is 0. The second-order valence-electron chi connectivity index (χ2n) is 5.91. The molecule has 0 bridgehead atoms. The van der Waals surface area contributed by atoms with E-state index in [1.807, 2.05) is 59.3 Å². The zero-order valence-corrected chi connectivity index (χ0v) is 15.1. The van der Waals surface area contributed by atoms with Crippen molar-refractivity contribution in [2.75, 3.05) is 17.8 Å². The summed E-state index contributed by atoms with van der Waals surface area (Å²) in [4.78, 5) is 0. The molecule has 2 aliphatic heterocycles. The molecule has 2 fully saturated rings. The van der Waals surface area contributed by atoms with Gasteiger partial charge in [0.1, 0.15) is 5.75 Å². The number of benzene rings is 2. The second-order valence-corrected chi connectivity index (χ2v) is 8.99. The lowest BCUT2D eigenvalue weighted by Crippen LogP contribution is -2.23. The fourth-order valence-electron chi connectivity index (χ4n) is 3.37. The number of rotatable bonds is 3. The Morgan fingerprint density at radius 2 is 1.83 bits per heavy atom. The van der Waals surface area contributed by atoms with Gasteiger partial charge in [0.05, 0.1) is 0 Å². The first-order valence-corrected chi connectivity index (χ1v) is 10.1. The second kappa shape index (κ2) is 5.97. The van der Waals surface area contributed by atoms with E-state index in [4.69, 9.17) is 4.52 Å². The van der Waals surface area contributed by atoms with Crippen LogP contribution in [-0.4, -0.2) is 23.8 Å². The van der Waals surface area contributed by atoms with Crippen LogP contribution in [0.2, 0.25) is 0 Å². The van der Waals surface area contributed by atoms with E-state index in [9.17, 15) is 4.57 Å². The van der Waals surface area contributed by atoms with Crippen LogP contribution in [0.1, 0.15) is 12.8 Å². The Bertz CT molecular complexity index is 738. The Balaban J connectivity index is 1.71. The highest BCUT2D eigenvalue weighted by atomic mass is 79.9. The Hall–Kier alpha value is -1.29. The van der Waals surface area contributed by atoms with Crippen molar-refractivity contribution in [1.29, 1.82) is 0 Å². The fourth-order valence-corrected chi connectivity index (χ4v) is 6.32. The lowest BCUT2D eigenvalue weighted by Gasteiger charge is -2.30. The average Bonchev–Trinajstić information content (AvgIpc) is 3.13. The monoisotopic (exact) mass is 392 g/mol. The molecule has 0 aliphatic carbocycles. The fraction of sp³-hybridized carbons (Fsp3) is 0.294. The van der Waals surface area contributed by atoms with Gasteiger partial charge >= 0.3 is 7.67 Å². The molecule has 0 radical (unpaired) electrons. The standard InChI is InChI=1S/C17H18BrN2O2P/c18-14-8-10-17(11-9-14)22-23(21)19-12-4-7-16(19)13-20(23)15-5-2-1-3-6-15/h1-3,5-6,8-11,16H,4,7,12-13H2/t16-,23?/m1/s1. The summed E-state index contributed by atoms with van der Waals surface area (Å²) in [6, 6.07) is 17.8. The van der Waals surface area contributed by atoms with E-state index in [1.165, 1.54) is 0 Å². The van der Waals surface area contributed by atoms with Gasteiger partial charge in [-0.2, -0.15) is 4.67 Å². The van der Waals surface area contributed by atoms with E-state index in [2.05, 4.69) is 20.6 Å². The highest BCUT2D eigenvalue weighted by Gasteiger charge is 2.53. The first kappa shape index (κ1) is 15.3. The summed E-state index contributed by atoms with van der Waals surface area (Å²) < 4.78 is 24.9. The van der Waals surface area contributed by atoms with Crippen molar-refractivity contribution in [2.45, 2.75) is 18.9 Å². The number of anilines is 1. The summed E-state index contributed by atoms with van der Waals surface area (Å²) in [5.41, 5.74) is 0.961. The smallest absolute Gasteiger partial charge is 0.418 e. The zero-order chi connectivity index (χ0) is 15.9. The summed E-state index contributed by atoms with van der Waals surface area (Å²) in [5.74, 6) is 0.644. The number of hydrogen-bond donors (Lipinski definition) is 0. The quantitative estimate of drug-likeness (QED) is 0.693. The summed E-state index contributed by atoms with van der Waals surface area (Å²) in [6.07, 6.45) is 2.16. The molecule has 120 valence electrons. The lowest BCUT2D eigenvalue weighted by molar-refractivity contribution is 0.374. The molecule has 0 spiro atoms. The van der Waals surface area contributed by atoms with Crippen molar-refractivity contribution in [3.8, 4) is 5.75 Å². The van der Waals surface area contributed by atoms with Gasteiger partial charge in [-0.1, -0.05) is 34.1 Å². The molecular weight excluding hydrogens is 375 g/mol. The maximum atomic E-state index is 13.8. The van der Waals surface area contributed by atoms with Crippen LogP contribution in [0.4, 0.5) is 5.69 Å². The molecule has 6 heteroatoms. The van der Waals surface area contributed by atoms with Crippen molar-refractivity contribution in [1.82, 2.24) is 4.67 Å². The summed E-state index contributed by atoms with van der Waals surface area (Å²) in [7, 11) is -3.09. The molecule has 4 nitrogen and oxygen atoms in total. The summed E-state index contributed by atoms with van der Waals surface area (Å²) in [6.45, 7) is 1.60. The van der Waals surface area contributed by atoms with E-state index in [0.29, 0.717) is 11.8 Å². The third-order valence-electron chi connectivity index (χ3n) is 4.45. The number of fused-ring (bicyclic) bond motifs is 1. The topological polar surface area (TPSA) is 32.8 Å². The molecule has 0 N–H and O–H groups in total. The van der Waals surface area contributed by atoms with E-state index in [-0.39, 0.29) is 0 Å². The molecule has 2 saturated heterocycles. The largest absolute Gasteiger partial charge is 0.422 e. The van der Waals surface area contributed by atoms with Gasteiger partial charge in [0.2, 0.25) is 0 Å². The minimum absolute atomic E-state index is 0.316. The van der Waals surface area contributed by atoms with E-state index < -0.39 is 7.67 Å². The van der Waals surface area contributed by atoms with Crippen LogP contribution in [0.15, 0.2) is 59.1 Å². The molecule has 2 atom stereocenters. The van der Waals surface area contributed by atoms with Gasteiger partial charge in [-0.05, 0) is 49.2 Å². The van der Waals surface area contributed by atoms with E-state index in [0.717, 1.165) is 36.1 Å². The van der Waals surface area contributed by atoms with E-state index >= 15 is 0 Å². The third kappa shape index (κ3) is 2.71. The van der Waals surface area contributed by atoms with Crippen molar-refractivity contribution in [3.63, 3.8) is 0 Å². The van der Waals surface area contributed by atoms with Crippen LogP contribution in [0, 0.1) is 0 Å². The molecule has 23 heavy (non-hydrogen) atoms. The van der Waals surface area contributed by atoms with Crippen molar-refractivity contribution in [3.05, 3.63) is 59.1 Å². The number of nitrogens with zero attached hydrogens (tertiary/aromatic N) is 2. The maximum Gasteiger partial charge on any atom is 0.422 e. The highest BCUT2D eigenvalue weighted by Crippen LogP contribution is 2.62. The minimum Gasteiger partial charge on any atom is -0.418 e. The first-order chi connectivity index (χ1) is 11.2. The lowest BCUT2D eigenvalue weighted by atomic mass is 10.2. The van der Waals surface area contributed by atoms with Gasteiger partial charge in [0.15, 0.2) is 0 Å². The van der Waals surface area contributed by atoms with Crippen molar-refractivity contribution < 1.29 is 9.09 Å². The molecule has 4 rings (SSSR count). The Labute approximate surface area is 144 Å². The SMILES string of the molecule is O=P1(Oc2ccc(Br)cc2)N(c2ccccc2)C[C@H]2CCCN21. The minimum atomic E-state index is -3.09. The van der Waals surface area contributed by atoms with Gasteiger partial charge in [-0.3, -0.25) is 4.67 Å². The van der Waals surface area contributed by atoms with Crippen LogP contribution < -0.4 is 9.19 Å². The normalized spacial score (nSPS) is 27.2. The van der Waals surface area contributed by atoms with Gasteiger partial charge in [0.25, 0.3) is 0 Å². The van der Waals surface area contributed by atoms with Crippen LogP contribution in [0.5, 0.6) is 5.75 Å². The molecule has 2 aromatic rings. The predicted octanol–water partition coefficient (Wildman–Crippen LogP) is 4.92. The maximum absolute atomic E-state index is 13.8. The molecule has 2 aromatic carbocycles. The van der Waals surface area contributed by atoms with Crippen LogP contribution in [0.25, 0.3) is 0 Å². The number of para-hydroxylation sites is 1. The molecular formula is C17H18BrN2O2P. The predicted molar refractivity (Wildman–Crippen MR) is 95.9 cm³/mol. The Morgan fingerprint density at radius 3 is 2.57 bits per heavy atom. The number of hydrogen-bond acceptors (Lipinski definition) is 2. The third-order valence-corrected chi connectivity index (χ3v) is 7.61. The molecule has 0 aromatic heterocycles. The Morgan fingerprint density at radius 1 is 1.09 bits per heavy atom. The first-order valence-electron chi connectivity index (χ1n) is 7.82. The van der Waals surface area contributed by atoms with Crippen LogP contribution in [0.3, 0.4) is 0 Å². The van der Waals surface area contributed by atoms with Gasteiger partial charge in [-0.25, -0.2) is 4.57 Å². The van der Waals surface area contributed by atoms with Crippen molar-refractivity contribution in [2.24, 2.45) is 0 Å². The van der Waals surface area contributed by atoms with Gasteiger partial charge in [0, 0.05) is 29.3 Å². The van der Waals surface area contributed by atoms with Crippen LogP contribution in [-0.2, 0) is 4.57 Å². The van der Waals surface area contributed by atoms with Gasteiger partial charge in [-0.15, -0.1) is 0 Å². The van der Waals surface area contributed by atoms with E-state index in [1.54, 1.807) is 0 Å². The average molecular weight is 393 g/mol. The molecule has 0 amide bonds. The summed E-state index contributed by atoms with van der Waals surface area (Å²) >= 11 is 3.42. The molecule has 1 unspecified atom stereocenters. The zero-order valence-electron chi connectivity index (χ0n) is 12.6. The molecule has 2 aliphatic rings. The molecule has 2 heterocycles. The Kier molecular flexibility index (Phi) is 3.96. The van der Waals surface area contributed by atoms with Crippen LogP contribution >= 0.6 is 23.6 Å². The number of halogens is 1.